The molecular formula is C27H34N6O3. The van der Waals surface area contributed by atoms with Gasteiger partial charge in [-0.05, 0) is 30.4 Å². The van der Waals surface area contributed by atoms with E-state index in [0.29, 0.717) is 6.42 Å². The number of para-hydroxylation sites is 1. The molecule has 36 heavy (non-hydrogen) atoms. The van der Waals surface area contributed by atoms with Crippen molar-refractivity contribution >= 4 is 23.4 Å². The number of benzene rings is 1. The summed E-state index contributed by atoms with van der Waals surface area (Å²) in [4.78, 5) is 43.8. The van der Waals surface area contributed by atoms with Gasteiger partial charge < -0.3 is 15.1 Å². The van der Waals surface area contributed by atoms with Crippen molar-refractivity contribution < 1.29 is 14.4 Å². The van der Waals surface area contributed by atoms with Gasteiger partial charge in [0.1, 0.15) is 12.1 Å². The second kappa shape index (κ2) is 9.08. The third kappa shape index (κ3) is 4.36. The summed E-state index contributed by atoms with van der Waals surface area (Å²) in [6, 6.07) is 8.13. The van der Waals surface area contributed by atoms with Crippen LogP contribution in [0.4, 0.5) is 5.69 Å². The van der Waals surface area contributed by atoms with Crippen molar-refractivity contribution in [2.45, 2.75) is 64.0 Å². The van der Waals surface area contributed by atoms with Crippen molar-refractivity contribution in [3.8, 4) is 6.07 Å². The van der Waals surface area contributed by atoms with Gasteiger partial charge in [-0.3, -0.25) is 19.1 Å². The highest BCUT2D eigenvalue weighted by molar-refractivity contribution is 6.07. The van der Waals surface area contributed by atoms with Gasteiger partial charge in [-0.15, -0.1) is 0 Å². The summed E-state index contributed by atoms with van der Waals surface area (Å²) in [6.45, 7) is 7.96. The van der Waals surface area contributed by atoms with E-state index in [2.05, 4.69) is 16.5 Å². The van der Waals surface area contributed by atoms with Crippen molar-refractivity contribution in [2.24, 2.45) is 12.5 Å². The number of nitrogens with zero attached hydrogens (tertiary/aromatic N) is 5. The maximum atomic E-state index is 14.1. The summed E-state index contributed by atoms with van der Waals surface area (Å²) < 4.78 is 1.64. The Morgan fingerprint density at radius 2 is 2.03 bits per heavy atom. The highest BCUT2D eigenvalue weighted by Gasteiger charge is 2.56. The van der Waals surface area contributed by atoms with Crippen molar-refractivity contribution in [1.29, 1.82) is 5.26 Å². The van der Waals surface area contributed by atoms with Crippen LogP contribution in [0.3, 0.4) is 0 Å². The molecular weight excluding hydrogens is 456 g/mol. The summed E-state index contributed by atoms with van der Waals surface area (Å²) in [5, 5.41) is 17.1. The number of rotatable bonds is 5. The molecule has 190 valence electrons. The molecule has 4 atom stereocenters. The van der Waals surface area contributed by atoms with E-state index >= 15 is 0 Å². The van der Waals surface area contributed by atoms with Crippen LogP contribution >= 0.6 is 0 Å². The number of likely N-dealkylation sites (N-methyl/N-ethyl adjacent to an activating group) is 1. The number of nitrogens with one attached hydrogen (secondary N) is 1. The molecule has 4 rings (SSSR count). The van der Waals surface area contributed by atoms with E-state index in [1.165, 1.54) is 9.80 Å². The van der Waals surface area contributed by atoms with Crippen molar-refractivity contribution in [3.63, 3.8) is 0 Å². The molecule has 3 amide bonds. The van der Waals surface area contributed by atoms with Crippen LogP contribution in [0.5, 0.6) is 0 Å². The molecule has 1 fully saturated rings. The average molecular weight is 491 g/mol. The molecule has 0 unspecified atom stereocenters. The highest BCUT2D eigenvalue weighted by atomic mass is 16.2. The number of hydrogen-bond acceptors (Lipinski definition) is 5. The largest absolute Gasteiger partial charge is 0.333 e. The lowest BCUT2D eigenvalue weighted by Crippen LogP contribution is -2.53. The molecule has 1 N–H and O–H groups in total. The molecule has 9 nitrogen and oxygen atoms in total. The topological polar surface area (TPSA) is 111 Å². The van der Waals surface area contributed by atoms with Crippen LogP contribution < -0.4 is 5.32 Å². The maximum Gasteiger partial charge on any atom is 0.246 e. The summed E-state index contributed by atoms with van der Waals surface area (Å²) in [5.74, 6) is -1.18. The van der Waals surface area contributed by atoms with Gasteiger partial charge in [-0.25, -0.2) is 0 Å². The molecule has 1 aromatic carbocycles. The zero-order valence-corrected chi connectivity index (χ0v) is 21.8. The molecule has 0 aliphatic carbocycles. The first-order valence-electron chi connectivity index (χ1n) is 12.2. The maximum absolute atomic E-state index is 14.1. The number of anilines is 1. The minimum Gasteiger partial charge on any atom is -0.333 e. The summed E-state index contributed by atoms with van der Waals surface area (Å²) >= 11 is 0. The Labute approximate surface area is 212 Å². The van der Waals surface area contributed by atoms with Gasteiger partial charge in [-0.1, -0.05) is 39.0 Å². The summed E-state index contributed by atoms with van der Waals surface area (Å²) in [6.07, 6.45) is 4.09. The molecule has 0 radical (unpaired) electrons. The Morgan fingerprint density at radius 3 is 2.64 bits per heavy atom. The highest BCUT2D eigenvalue weighted by Crippen LogP contribution is 2.46. The SMILES string of the molecule is C[C@H](C(=O)N(C)[C@@H](CC(C)(C)C)C(=O)N1C[C@]2(C[C@H]1C#N)C(=O)Nc1ccccc12)c1cnn(C)c1. The molecule has 9 heteroatoms. The molecule has 2 aromatic rings. The number of amides is 3. The number of aromatic nitrogens is 2. The van der Waals surface area contributed by atoms with Crippen LogP contribution in [0.2, 0.25) is 0 Å². The summed E-state index contributed by atoms with van der Waals surface area (Å²) in [7, 11) is 3.44. The van der Waals surface area contributed by atoms with Crippen LogP contribution in [-0.4, -0.2) is 63.0 Å². The lowest BCUT2D eigenvalue weighted by molar-refractivity contribution is -0.146. The third-order valence-corrected chi connectivity index (χ3v) is 7.42. The Hall–Kier alpha value is -3.67. The van der Waals surface area contributed by atoms with Gasteiger partial charge in [0.05, 0.1) is 23.6 Å². The van der Waals surface area contributed by atoms with E-state index in [-0.39, 0.29) is 36.1 Å². The Kier molecular flexibility index (Phi) is 6.41. The first-order valence-corrected chi connectivity index (χ1v) is 12.2. The van der Waals surface area contributed by atoms with E-state index in [0.717, 1.165) is 16.8 Å². The van der Waals surface area contributed by atoms with E-state index < -0.39 is 23.4 Å². The lowest BCUT2D eigenvalue weighted by atomic mass is 9.80. The van der Waals surface area contributed by atoms with Crippen molar-refractivity contribution in [1.82, 2.24) is 19.6 Å². The lowest BCUT2D eigenvalue weighted by Gasteiger charge is -2.36. The van der Waals surface area contributed by atoms with Gasteiger partial charge in [0.15, 0.2) is 0 Å². The van der Waals surface area contributed by atoms with Gasteiger partial charge in [-0.2, -0.15) is 10.4 Å². The quantitative estimate of drug-likeness (QED) is 0.693. The zero-order valence-electron chi connectivity index (χ0n) is 21.8. The second-order valence-corrected chi connectivity index (χ2v) is 11.3. The molecule has 3 heterocycles. The normalized spacial score (nSPS) is 22.6. The Bertz CT molecular complexity index is 1240. The molecule has 1 saturated heterocycles. The predicted octanol–water partition coefficient (Wildman–Crippen LogP) is 2.80. The molecule has 0 bridgehead atoms. The standard InChI is InChI=1S/C27H34N6O3/c1-17(18-14-29-31(5)15-18)23(34)32(6)22(12-26(2,3)4)24(35)33-16-27(11-19(33)13-28)20-9-7-8-10-21(20)30-25(27)36/h7-10,14-15,17,19,22H,11-12,16H2,1-6H3,(H,30,36)/t17-,19-,22-,27-/m0/s1. The minimum absolute atomic E-state index is 0.105. The molecule has 2 aliphatic rings. The average Bonchev–Trinajstić information content (AvgIpc) is 3.51. The van der Waals surface area contributed by atoms with E-state index in [1.54, 1.807) is 38.1 Å². The smallest absolute Gasteiger partial charge is 0.246 e. The van der Waals surface area contributed by atoms with Crippen LogP contribution in [-0.2, 0) is 26.8 Å². The number of nitriles is 1. The molecule has 2 aliphatic heterocycles. The van der Waals surface area contributed by atoms with E-state index in [4.69, 9.17) is 0 Å². The van der Waals surface area contributed by atoms with E-state index in [9.17, 15) is 19.6 Å². The third-order valence-electron chi connectivity index (χ3n) is 7.42. The number of likely N-dealkylation sites (tertiary alicyclic amines) is 1. The zero-order chi connectivity index (χ0) is 26.4. The molecule has 0 saturated carbocycles. The summed E-state index contributed by atoms with van der Waals surface area (Å²) in [5.41, 5.74) is 1.07. The number of fused-ring (bicyclic) bond motifs is 2. The van der Waals surface area contributed by atoms with Gasteiger partial charge in [0, 0.05) is 44.5 Å². The second-order valence-electron chi connectivity index (χ2n) is 11.3. The Balaban J connectivity index is 1.65. The number of carbonyl (C=O) groups is 3. The van der Waals surface area contributed by atoms with Crippen molar-refractivity contribution in [3.05, 3.63) is 47.8 Å². The van der Waals surface area contributed by atoms with Gasteiger partial charge in [0.2, 0.25) is 17.7 Å². The van der Waals surface area contributed by atoms with Crippen LogP contribution in [0.15, 0.2) is 36.7 Å². The van der Waals surface area contributed by atoms with Crippen LogP contribution in [0, 0.1) is 16.7 Å². The minimum atomic E-state index is -0.968. The van der Waals surface area contributed by atoms with E-state index in [1.807, 2.05) is 45.0 Å². The van der Waals surface area contributed by atoms with Gasteiger partial charge >= 0.3 is 0 Å². The Morgan fingerprint density at radius 1 is 1.33 bits per heavy atom. The monoisotopic (exact) mass is 490 g/mol. The predicted molar refractivity (Wildman–Crippen MR) is 135 cm³/mol. The number of carbonyl (C=O) groups excluding carboxylic acids is 3. The van der Waals surface area contributed by atoms with Crippen LogP contribution in [0.1, 0.15) is 57.6 Å². The first kappa shape index (κ1) is 25.4. The fourth-order valence-electron chi connectivity index (χ4n) is 5.41. The first-order chi connectivity index (χ1) is 16.9. The van der Waals surface area contributed by atoms with Crippen LogP contribution in [0.25, 0.3) is 0 Å². The van der Waals surface area contributed by atoms with Gasteiger partial charge in [0.25, 0.3) is 0 Å². The fourth-order valence-corrected chi connectivity index (χ4v) is 5.41. The molecule has 1 aromatic heterocycles. The van der Waals surface area contributed by atoms with Crippen molar-refractivity contribution in [2.75, 3.05) is 18.9 Å². The molecule has 1 spiro atoms. The fraction of sp³-hybridized carbons (Fsp3) is 0.519. The number of hydrogen-bond donors (Lipinski definition) is 1. The number of aryl methyl sites for hydroxylation is 1.